The smallest absolute Gasteiger partial charge is 0.240 e. The standard InChI is InChI=1S/C22H31N3O3S/c1-5-24(6-2)21(19-13-8-7-9-14-19)16-23-22(26)17-25(29(4,27)28)20-15-11-10-12-18(20)3/h7-15,21H,5-6,16-17H2,1-4H3,(H,23,26). The van der Waals surface area contributed by atoms with Crippen LogP contribution in [-0.2, 0) is 14.8 Å². The Labute approximate surface area is 174 Å². The van der Waals surface area contributed by atoms with Gasteiger partial charge in [0.15, 0.2) is 0 Å². The molecule has 7 heteroatoms. The van der Waals surface area contributed by atoms with Crippen LogP contribution in [0.15, 0.2) is 54.6 Å². The van der Waals surface area contributed by atoms with E-state index in [4.69, 9.17) is 0 Å². The van der Waals surface area contributed by atoms with Gasteiger partial charge in [-0.15, -0.1) is 0 Å². The molecule has 2 rings (SSSR count). The molecule has 0 aliphatic carbocycles. The van der Waals surface area contributed by atoms with E-state index < -0.39 is 10.0 Å². The summed E-state index contributed by atoms with van der Waals surface area (Å²) in [6, 6.07) is 17.2. The fraction of sp³-hybridized carbons (Fsp3) is 0.409. The molecule has 1 amide bonds. The van der Waals surface area contributed by atoms with Crippen LogP contribution in [0.5, 0.6) is 0 Å². The van der Waals surface area contributed by atoms with Gasteiger partial charge in [0.1, 0.15) is 6.54 Å². The van der Waals surface area contributed by atoms with Crippen LogP contribution in [0.25, 0.3) is 0 Å². The van der Waals surface area contributed by atoms with Gasteiger partial charge < -0.3 is 5.32 Å². The maximum atomic E-state index is 12.7. The Balaban J connectivity index is 2.15. The van der Waals surface area contributed by atoms with Crippen molar-refractivity contribution < 1.29 is 13.2 Å². The number of amides is 1. The van der Waals surface area contributed by atoms with Gasteiger partial charge >= 0.3 is 0 Å². The van der Waals surface area contributed by atoms with Crippen LogP contribution in [0.2, 0.25) is 0 Å². The summed E-state index contributed by atoms with van der Waals surface area (Å²) >= 11 is 0. The van der Waals surface area contributed by atoms with Crippen molar-refractivity contribution in [2.75, 3.05) is 36.7 Å². The van der Waals surface area contributed by atoms with Gasteiger partial charge in [-0.3, -0.25) is 14.0 Å². The molecule has 0 aromatic heterocycles. The van der Waals surface area contributed by atoms with Crippen molar-refractivity contribution in [3.8, 4) is 0 Å². The van der Waals surface area contributed by atoms with Gasteiger partial charge in [0.25, 0.3) is 0 Å². The lowest BCUT2D eigenvalue weighted by molar-refractivity contribution is -0.119. The van der Waals surface area contributed by atoms with Crippen molar-refractivity contribution >= 4 is 21.6 Å². The minimum atomic E-state index is -3.59. The summed E-state index contributed by atoms with van der Waals surface area (Å²) in [5.41, 5.74) is 2.44. The summed E-state index contributed by atoms with van der Waals surface area (Å²) in [7, 11) is -3.59. The molecule has 29 heavy (non-hydrogen) atoms. The highest BCUT2D eigenvalue weighted by Crippen LogP contribution is 2.22. The zero-order chi connectivity index (χ0) is 21.4. The first-order chi connectivity index (χ1) is 13.8. The zero-order valence-electron chi connectivity index (χ0n) is 17.6. The number of likely N-dealkylation sites (N-methyl/N-ethyl adjacent to an activating group) is 1. The van der Waals surface area contributed by atoms with Crippen LogP contribution in [0.1, 0.15) is 31.0 Å². The second-order valence-corrected chi connectivity index (χ2v) is 8.91. The topological polar surface area (TPSA) is 69.7 Å². The fourth-order valence-electron chi connectivity index (χ4n) is 3.42. The Morgan fingerprint density at radius 3 is 2.14 bits per heavy atom. The molecule has 0 fully saturated rings. The number of para-hydroxylation sites is 1. The third kappa shape index (κ3) is 6.30. The third-order valence-electron chi connectivity index (χ3n) is 5.00. The van der Waals surface area contributed by atoms with Gasteiger partial charge in [0, 0.05) is 6.54 Å². The Kier molecular flexibility index (Phi) is 8.22. The Morgan fingerprint density at radius 1 is 1.00 bits per heavy atom. The number of sulfonamides is 1. The summed E-state index contributed by atoms with van der Waals surface area (Å²) in [5, 5.41) is 2.94. The van der Waals surface area contributed by atoms with Crippen LogP contribution < -0.4 is 9.62 Å². The minimum absolute atomic E-state index is 0.0281. The summed E-state index contributed by atoms with van der Waals surface area (Å²) in [4.78, 5) is 15.0. The van der Waals surface area contributed by atoms with E-state index in [0.717, 1.165) is 34.8 Å². The lowest BCUT2D eigenvalue weighted by Gasteiger charge is -2.31. The average molecular weight is 418 g/mol. The number of nitrogens with one attached hydrogen (secondary N) is 1. The number of carbonyl (C=O) groups is 1. The summed E-state index contributed by atoms with van der Waals surface area (Å²) in [5.74, 6) is -0.327. The SMILES string of the molecule is CCN(CC)C(CNC(=O)CN(c1ccccc1C)S(C)(=O)=O)c1ccccc1. The van der Waals surface area contributed by atoms with Crippen LogP contribution in [-0.4, -0.2) is 51.7 Å². The molecule has 0 bridgehead atoms. The van der Waals surface area contributed by atoms with E-state index in [1.807, 2.05) is 49.4 Å². The van der Waals surface area contributed by atoms with Crippen molar-refractivity contribution in [2.45, 2.75) is 26.8 Å². The van der Waals surface area contributed by atoms with Crippen molar-refractivity contribution in [3.63, 3.8) is 0 Å². The van der Waals surface area contributed by atoms with Crippen molar-refractivity contribution in [1.29, 1.82) is 0 Å². The molecular weight excluding hydrogens is 386 g/mol. The molecule has 6 nitrogen and oxygen atoms in total. The molecule has 0 radical (unpaired) electrons. The van der Waals surface area contributed by atoms with E-state index in [2.05, 4.69) is 24.1 Å². The molecule has 158 valence electrons. The van der Waals surface area contributed by atoms with Gasteiger partial charge in [0.05, 0.1) is 18.0 Å². The quantitative estimate of drug-likeness (QED) is 0.645. The largest absolute Gasteiger partial charge is 0.353 e. The number of aryl methyl sites for hydroxylation is 1. The van der Waals surface area contributed by atoms with E-state index >= 15 is 0 Å². The van der Waals surface area contributed by atoms with Gasteiger partial charge in [-0.2, -0.15) is 0 Å². The third-order valence-corrected chi connectivity index (χ3v) is 6.13. The van der Waals surface area contributed by atoms with E-state index in [0.29, 0.717) is 12.2 Å². The Morgan fingerprint density at radius 2 is 1.59 bits per heavy atom. The van der Waals surface area contributed by atoms with Crippen LogP contribution in [0, 0.1) is 6.92 Å². The molecule has 0 aliphatic rings. The molecule has 1 atom stereocenters. The van der Waals surface area contributed by atoms with Crippen LogP contribution >= 0.6 is 0 Å². The minimum Gasteiger partial charge on any atom is -0.353 e. The fourth-order valence-corrected chi connectivity index (χ4v) is 4.33. The molecule has 1 unspecified atom stereocenters. The summed E-state index contributed by atoms with van der Waals surface area (Å²) in [6.45, 7) is 7.88. The van der Waals surface area contributed by atoms with E-state index in [9.17, 15) is 13.2 Å². The van der Waals surface area contributed by atoms with Crippen LogP contribution in [0.4, 0.5) is 5.69 Å². The molecule has 2 aromatic rings. The summed E-state index contributed by atoms with van der Waals surface area (Å²) < 4.78 is 25.8. The predicted octanol–water partition coefficient (Wildman–Crippen LogP) is 2.96. The number of benzene rings is 2. The van der Waals surface area contributed by atoms with Crippen LogP contribution in [0.3, 0.4) is 0 Å². The van der Waals surface area contributed by atoms with E-state index in [-0.39, 0.29) is 18.5 Å². The zero-order valence-corrected chi connectivity index (χ0v) is 18.4. The second-order valence-electron chi connectivity index (χ2n) is 7.01. The number of nitrogens with zero attached hydrogens (tertiary/aromatic N) is 2. The summed E-state index contributed by atoms with van der Waals surface area (Å²) in [6.07, 6.45) is 1.12. The second kappa shape index (κ2) is 10.4. The lowest BCUT2D eigenvalue weighted by atomic mass is 10.1. The molecule has 0 saturated heterocycles. The first-order valence-corrected chi connectivity index (χ1v) is 11.7. The number of hydrogen-bond acceptors (Lipinski definition) is 4. The Hall–Kier alpha value is -2.38. The monoisotopic (exact) mass is 417 g/mol. The number of carbonyl (C=O) groups excluding carboxylic acids is 1. The molecule has 2 aromatic carbocycles. The first kappa shape index (κ1) is 22.9. The van der Waals surface area contributed by atoms with Gasteiger partial charge in [-0.05, 0) is 37.2 Å². The van der Waals surface area contributed by atoms with Crippen molar-refractivity contribution in [2.24, 2.45) is 0 Å². The number of rotatable bonds is 10. The predicted molar refractivity (Wildman–Crippen MR) is 118 cm³/mol. The molecule has 0 heterocycles. The number of hydrogen-bond donors (Lipinski definition) is 1. The number of anilines is 1. The molecule has 1 N–H and O–H groups in total. The van der Waals surface area contributed by atoms with E-state index in [1.165, 1.54) is 0 Å². The highest BCUT2D eigenvalue weighted by Gasteiger charge is 2.24. The van der Waals surface area contributed by atoms with Gasteiger partial charge in [-0.1, -0.05) is 62.4 Å². The van der Waals surface area contributed by atoms with Gasteiger partial charge in [0.2, 0.25) is 15.9 Å². The Bertz CT molecular complexity index is 897. The maximum Gasteiger partial charge on any atom is 0.240 e. The van der Waals surface area contributed by atoms with E-state index in [1.54, 1.807) is 12.1 Å². The highest BCUT2D eigenvalue weighted by molar-refractivity contribution is 7.92. The molecule has 0 spiro atoms. The first-order valence-electron chi connectivity index (χ1n) is 9.87. The normalized spacial score (nSPS) is 12.6. The average Bonchev–Trinajstić information content (AvgIpc) is 2.70. The van der Waals surface area contributed by atoms with Crippen molar-refractivity contribution in [1.82, 2.24) is 10.2 Å². The lowest BCUT2D eigenvalue weighted by Crippen LogP contribution is -2.44. The molecule has 0 aliphatic heterocycles. The van der Waals surface area contributed by atoms with Gasteiger partial charge in [-0.25, -0.2) is 8.42 Å². The maximum absolute atomic E-state index is 12.7. The van der Waals surface area contributed by atoms with Crippen molar-refractivity contribution in [3.05, 3.63) is 65.7 Å². The molecule has 0 saturated carbocycles. The highest BCUT2D eigenvalue weighted by atomic mass is 32.2. The molecular formula is C22H31N3O3S.